The summed E-state index contributed by atoms with van der Waals surface area (Å²) in [6, 6.07) is 3.15. The highest BCUT2D eigenvalue weighted by atomic mass is 32.2. The van der Waals surface area contributed by atoms with Gasteiger partial charge in [0.25, 0.3) is 5.91 Å². The summed E-state index contributed by atoms with van der Waals surface area (Å²) in [6.07, 6.45) is 1.74. The molecule has 8 heteroatoms. The number of anilines is 1. The quantitative estimate of drug-likeness (QED) is 0.610. The first kappa shape index (κ1) is 15.4. The number of carbonyl (C=O) groups is 1. The van der Waals surface area contributed by atoms with Gasteiger partial charge in [-0.25, -0.2) is 18.1 Å². The molecule has 106 valence electrons. The van der Waals surface area contributed by atoms with Crippen LogP contribution in [0.5, 0.6) is 0 Å². The standard InChI is InChI=1S/C11H18N4O3S/c1-3-9-6-8(7-10(12)15-9)11(16)13-4-5-14-19(2,17)18/h6-7,14H,3-5H2,1-2H3,(H2,12,15)(H,13,16). The first-order valence-corrected chi connectivity index (χ1v) is 7.70. The molecule has 0 saturated carbocycles. The molecule has 1 amide bonds. The third kappa shape index (κ3) is 5.66. The van der Waals surface area contributed by atoms with Crippen molar-refractivity contribution < 1.29 is 13.2 Å². The van der Waals surface area contributed by atoms with Gasteiger partial charge in [0.1, 0.15) is 5.82 Å². The van der Waals surface area contributed by atoms with Crippen LogP contribution in [0, 0.1) is 0 Å². The molecule has 0 aliphatic carbocycles. The summed E-state index contributed by atoms with van der Waals surface area (Å²) in [6.45, 7) is 2.26. The highest BCUT2D eigenvalue weighted by Gasteiger charge is 2.08. The van der Waals surface area contributed by atoms with Gasteiger partial charge in [-0.15, -0.1) is 0 Å². The zero-order valence-electron chi connectivity index (χ0n) is 10.9. The molecule has 0 bridgehead atoms. The number of aromatic nitrogens is 1. The van der Waals surface area contributed by atoms with Crippen LogP contribution in [0.3, 0.4) is 0 Å². The largest absolute Gasteiger partial charge is 0.384 e. The van der Waals surface area contributed by atoms with E-state index in [1.807, 2.05) is 6.92 Å². The number of nitrogens with two attached hydrogens (primary N) is 1. The molecular formula is C11H18N4O3S. The van der Waals surface area contributed by atoms with Crippen molar-refractivity contribution >= 4 is 21.7 Å². The fourth-order valence-corrected chi connectivity index (χ4v) is 1.91. The number of nitrogens with zero attached hydrogens (tertiary/aromatic N) is 1. The Morgan fingerprint density at radius 3 is 2.63 bits per heavy atom. The van der Waals surface area contributed by atoms with Crippen LogP contribution in [0.2, 0.25) is 0 Å². The van der Waals surface area contributed by atoms with Crippen molar-refractivity contribution in [3.05, 3.63) is 23.4 Å². The van der Waals surface area contributed by atoms with E-state index in [4.69, 9.17) is 5.73 Å². The summed E-state index contributed by atoms with van der Waals surface area (Å²) < 4.78 is 23.9. The number of amides is 1. The predicted octanol–water partition coefficient (Wildman–Crippen LogP) is -0.495. The van der Waals surface area contributed by atoms with Gasteiger partial charge in [0.2, 0.25) is 10.0 Å². The maximum absolute atomic E-state index is 11.8. The second kappa shape index (κ2) is 6.48. The molecule has 0 aliphatic rings. The molecule has 0 radical (unpaired) electrons. The van der Waals surface area contributed by atoms with Gasteiger partial charge in [0, 0.05) is 24.3 Å². The molecular weight excluding hydrogens is 268 g/mol. The van der Waals surface area contributed by atoms with Crippen molar-refractivity contribution in [2.24, 2.45) is 0 Å². The molecule has 0 saturated heterocycles. The van der Waals surface area contributed by atoms with Crippen LogP contribution in [-0.2, 0) is 16.4 Å². The number of aryl methyl sites for hydroxylation is 1. The lowest BCUT2D eigenvalue weighted by Crippen LogP contribution is -2.34. The molecule has 0 atom stereocenters. The summed E-state index contributed by atoms with van der Waals surface area (Å²) in [5.74, 6) is -0.0159. The second-order valence-electron chi connectivity index (χ2n) is 4.05. The zero-order valence-corrected chi connectivity index (χ0v) is 11.8. The smallest absolute Gasteiger partial charge is 0.251 e. The Hall–Kier alpha value is -1.67. The second-order valence-corrected chi connectivity index (χ2v) is 5.88. The van der Waals surface area contributed by atoms with E-state index in [1.54, 1.807) is 6.07 Å². The summed E-state index contributed by atoms with van der Waals surface area (Å²) in [5.41, 5.74) is 6.76. The first-order chi connectivity index (χ1) is 8.81. The Morgan fingerprint density at radius 1 is 1.37 bits per heavy atom. The Bertz CT molecular complexity index is 557. The number of pyridine rings is 1. The molecule has 4 N–H and O–H groups in total. The van der Waals surface area contributed by atoms with Crippen LogP contribution in [-0.4, -0.2) is 38.7 Å². The third-order valence-corrected chi connectivity index (χ3v) is 3.03. The average Bonchev–Trinajstić information content (AvgIpc) is 2.32. The van der Waals surface area contributed by atoms with Gasteiger partial charge >= 0.3 is 0 Å². The summed E-state index contributed by atoms with van der Waals surface area (Å²) in [7, 11) is -3.24. The zero-order chi connectivity index (χ0) is 14.5. The summed E-state index contributed by atoms with van der Waals surface area (Å²) in [5, 5.41) is 2.60. The number of sulfonamides is 1. The Labute approximate surface area is 112 Å². The first-order valence-electron chi connectivity index (χ1n) is 5.81. The number of nitrogens with one attached hydrogen (secondary N) is 2. The van der Waals surface area contributed by atoms with Crippen molar-refractivity contribution in [2.75, 3.05) is 25.1 Å². The predicted molar refractivity (Wildman–Crippen MR) is 73.2 cm³/mol. The van der Waals surface area contributed by atoms with E-state index in [-0.39, 0.29) is 19.0 Å². The summed E-state index contributed by atoms with van der Waals surface area (Å²) >= 11 is 0. The average molecular weight is 286 g/mol. The minimum atomic E-state index is -3.24. The van der Waals surface area contributed by atoms with E-state index in [0.717, 1.165) is 11.9 Å². The highest BCUT2D eigenvalue weighted by Crippen LogP contribution is 2.08. The SMILES string of the molecule is CCc1cc(C(=O)NCCNS(C)(=O)=O)cc(N)n1. The molecule has 1 rings (SSSR count). The van der Waals surface area contributed by atoms with E-state index in [9.17, 15) is 13.2 Å². The minimum absolute atomic E-state index is 0.145. The van der Waals surface area contributed by atoms with Crippen LogP contribution in [0.25, 0.3) is 0 Å². The Morgan fingerprint density at radius 2 is 2.05 bits per heavy atom. The number of carbonyl (C=O) groups excluding carboxylic acids is 1. The maximum Gasteiger partial charge on any atom is 0.251 e. The van der Waals surface area contributed by atoms with Gasteiger partial charge in [0.05, 0.1) is 6.26 Å². The van der Waals surface area contributed by atoms with Crippen LogP contribution in [0.15, 0.2) is 12.1 Å². The van der Waals surface area contributed by atoms with Gasteiger partial charge in [-0.05, 0) is 18.6 Å². The van der Waals surface area contributed by atoms with E-state index in [2.05, 4.69) is 15.0 Å². The van der Waals surface area contributed by atoms with E-state index >= 15 is 0 Å². The topological polar surface area (TPSA) is 114 Å². The van der Waals surface area contributed by atoms with Crippen molar-refractivity contribution in [1.82, 2.24) is 15.0 Å². The van der Waals surface area contributed by atoms with Crippen LogP contribution < -0.4 is 15.8 Å². The molecule has 0 aliphatic heterocycles. The maximum atomic E-state index is 11.8. The van der Waals surface area contributed by atoms with Gasteiger partial charge in [0.15, 0.2) is 0 Å². The lowest BCUT2D eigenvalue weighted by molar-refractivity contribution is 0.0954. The molecule has 19 heavy (non-hydrogen) atoms. The normalized spacial score (nSPS) is 11.3. The van der Waals surface area contributed by atoms with Crippen molar-refractivity contribution in [2.45, 2.75) is 13.3 Å². The van der Waals surface area contributed by atoms with E-state index in [1.165, 1.54) is 6.07 Å². The lowest BCUT2D eigenvalue weighted by Gasteiger charge is -2.07. The van der Waals surface area contributed by atoms with Gasteiger partial charge in [-0.2, -0.15) is 0 Å². The molecule has 7 nitrogen and oxygen atoms in total. The fourth-order valence-electron chi connectivity index (χ4n) is 1.44. The van der Waals surface area contributed by atoms with Crippen molar-refractivity contribution in [1.29, 1.82) is 0 Å². The highest BCUT2D eigenvalue weighted by molar-refractivity contribution is 7.88. The van der Waals surface area contributed by atoms with Gasteiger partial charge in [-0.1, -0.05) is 6.92 Å². The molecule has 1 heterocycles. The van der Waals surface area contributed by atoms with Crippen LogP contribution >= 0.6 is 0 Å². The molecule has 1 aromatic rings. The van der Waals surface area contributed by atoms with Crippen molar-refractivity contribution in [3.8, 4) is 0 Å². The van der Waals surface area contributed by atoms with Gasteiger partial charge in [-0.3, -0.25) is 4.79 Å². The molecule has 0 fully saturated rings. The number of hydrogen-bond acceptors (Lipinski definition) is 5. The summed E-state index contributed by atoms with van der Waals surface area (Å²) in [4.78, 5) is 15.9. The minimum Gasteiger partial charge on any atom is -0.384 e. The fraction of sp³-hybridized carbons (Fsp3) is 0.455. The van der Waals surface area contributed by atoms with E-state index < -0.39 is 10.0 Å². The molecule has 0 aromatic carbocycles. The molecule has 0 spiro atoms. The van der Waals surface area contributed by atoms with Gasteiger partial charge < -0.3 is 11.1 Å². The number of hydrogen-bond donors (Lipinski definition) is 3. The van der Waals surface area contributed by atoms with E-state index in [0.29, 0.717) is 17.8 Å². The van der Waals surface area contributed by atoms with Crippen molar-refractivity contribution in [3.63, 3.8) is 0 Å². The number of nitrogen functional groups attached to an aromatic ring is 1. The Balaban J connectivity index is 2.56. The Kier molecular flexibility index (Phi) is 5.25. The lowest BCUT2D eigenvalue weighted by atomic mass is 10.2. The van der Waals surface area contributed by atoms with Crippen LogP contribution in [0.1, 0.15) is 23.0 Å². The molecule has 1 aromatic heterocycles. The van der Waals surface area contributed by atoms with Crippen LogP contribution in [0.4, 0.5) is 5.82 Å². The number of rotatable bonds is 6. The molecule has 0 unspecified atom stereocenters. The third-order valence-electron chi connectivity index (χ3n) is 2.30. The monoisotopic (exact) mass is 286 g/mol.